The predicted molar refractivity (Wildman–Crippen MR) is 119 cm³/mol. The molecule has 4 rings (SSSR count). The maximum atomic E-state index is 13.1. The highest BCUT2D eigenvalue weighted by molar-refractivity contribution is 5.86. The number of amides is 2. The summed E-state index contributed by atoms with van der Waals surface area (Å²) in [4.78, 5) is 34.3. The van der Waals surface area contributed by atoms with Gasteiger partial charge in [0, 0.05) is 55.8 Å². The SMILES string of the molecule is C[C@@H]1CCCN(C(=O)C2CCN(C(=O)[C@H](C)Cc3cncc4ccccc34)CC2)C1. The Morgan fingerprint density at radius 1 is 1.07 bits per heavy atom. The molecule has 2 fully saturated rings. The van der Waals surface area contributed by atoms with Gasteiger partial charge in [0.2, 0.25) is 11.8 Å². The lowest BCUT2D eigenvalue weighted by atomic mass is 9.91. The van der Waals surface area contributed by atoms with Crippen molar-refractivity contribution in [3.63, 3.8) is 0 Å². The second-order valence-corrected chi connectivity index (χ2v) is 9.26. The van der Waals surface area contributed by atoms with Crippen molar-refractivity contribution in [3.05, 3.63) is 42.2 Å². The van der Waals surface area contributed by atoms with Gasteiger partial charge in [-0.2, -0.15) is 0 Å². The van der Waals surface area contributed by atoms with E-state index in [-0.39, 0.29) is 17.7 Å². The summed E-state index contributed by atoms with van der Waals surface area (Å²) in [6, 6.07) is 8.20. The number of pyridine rings is 1. The number of benzene rings is 1. The van der Waals surface area contributed by atoms with Crippen molar-refractivity contribution in [3.8, 4) is 0 Å². The molecule has 2 aliphatic rings. The van der Waals surface area contributed by atoms with Gasteiger partial charge in [0.15, 0.2) is 0 Å². The third-order valence-electron chi connectivity index (χ3n) is 6.82. The molecule has 1 aromatic carbocycles. The number of hydrogen-bond donors (Lipinski definition) is 0. The summed E-state index contributed by atoms with van der Waals surface area (Å²) >= 11 is 0. The Bertz CT molecular complexity index is 899. The number of fused-ring (bicyclic) bond motifs is 1. The van der Waals surface area contributed by atoms with Gasteiger partial charge < -0.3 is 9.80 Å². The Kier molecular flexibility index (Phi) is 6.35. The number of nitrogens with zero attached hydrogens (tertiary/aromatic N) is 3. The number of likely N-dealkylation sites (tertiary alicyclic amines) is 2. The Morgan fingerprint density at radius 3 is 2.60 bits per heavy atom. The zero-order valence-corrected chi connectivity index (χ0v) is 18.2. The first kappa shape index (κ1) is 20.8. The molecular weight excluding hydrogens is 374 g/mol. The van der Waals surface area contributed by atoms with E-state index in [0.717, 1.165) is 43.3 Å². The van der Waals surface area contributed by atoms with E-state index in [0.29, 0.717) is 31.3 Å². The van der Waals surface area contributed by atoms with Crippen molar-refractivity contribution < 1.29 is 9.59 Å². The first-order chi connectivity index (χ1) is 14.5. The largest absolute Gasteiger partial charge is 0.342 e. The summed E-state index contributed by atoms with van der Waals surface area (Å²) in [5, 5.41) is 2.29. The molecule has 0 bridgehead atoms. The number of rotatable bonds is 4. The highest BCUT2D eigenvalue weighted by Gasteiger charge is 2.32. The fraction of sp³-hybridized carbons (Fsp3) is 0.560. The van der Waals surface area contributed by atoms with Gasteiger partial charge >= 0.3 is 0 Å². The average Bonchev–Trinajstić information content (AvgIpc) is 2.78. The van der Waals surface area contributed by atoms with Gasteiger partial charge in [0.25, 0.3) is 0 Å². The molecule has 160 valence electrons. The summed E-state index contributed by atoms with van der Waals surface area (Å²) in [5.41, 5.74) is 1.12. The lowest BCUT2D eigenvalue weighted by Crippen LogP contribution is -2.47. The van der Waals surface area contributed by atoms with Gasteiger partial charge in [0.1, 0.15) is 0 Å². The van der Waals surface area contributed by atoms with Crippen LogP contribution in [0.1, 0.15) is 45.1 Å². The van der Waals surface area contributed by atoms with Crippen molar-refractivity contribution in [2.75, 3.05) is 26.2 Å². The van der Waals surface area contributed by atoms with Gasteiger partial charge in [-0.3, -0.25) is 14.6 Å². The molecule has 1 aromatic heterocycles. The van der Waals surface area contributed by atoms with Crippen LogP contribution in [-0.2, 0) is 16.0 Å². The summed E-state index contributed by atoms with van der Waals surface area (Å²) in [6.45, 7) is 7.42. The van der Waals surface area contributed by atoms with E-state index in [9.17, 15) is 9.59 Å². The van der Waals surface area contributed by atoms with Crippen LogP contribution in [0.15, 0.2) is 36.7 Å². The number of hydrogen-bond acceptors (Lipinski definition) is 3. The van der Waals surface area contributed by atoms with Crippen LogP contribution in [0.3, 0.4) is 0 Å². The van der Waals surface area contributed by atoms with Crippen LogP contribution in [0, 0.1) is 17.8 Å². The zero-order valence-electron chi connectivity index (χ0n) is 18.2. The lowest BCUT2D eigenvalue weighted by Gasteiger charge is -2.37. The minimum atomic E-state index is -0.0900. The van der Waals surface area contributed by atoms with E-state index < -0.39 is 0 Å². The maximum absolute atomic E-state index is 13.1. The normalized spacial score (nSPS) is 21.6. The van der Waals surface area contributed by atoms with Crippen LogP contribution in [0.2, 0.25) is 0 Å². The van der Waals surface area contributed by atoms with Crippen LogP contribution in [0.4, 0.5) is 0 Å². The summed E-state index contributed by atoms with van der Waals surface area (Å²) in [5.74, 6) is 1.10. The summed E-state index contributed by atoms with van der Waals surface area (Å²) in [7, 11) is 0. The molecule has 30 heavy (non-hydrogen) atoms. The van der Waals surface area contributed by atoms with E-state index in [1.807, 2.05) is 36.4 Å². The standard InChI is InChI=1S/C25H33N3O2/c1-18-6-5-11-28(17-18)25(30)20-9-12-27(13-10-20)24(29)19(2)14-22-16-26-15-21-7-3-4-8-23(21)22/h3-4,7-8,15-16,18-20H,5-6,9-14,17H2,1-2H3/t18-,19-/m1/s1. The van der Waals surface area contributed by atoms with E-state index in [1.165, 1.54) is 11.8 Å². The molecule has 0 aliphatic carbocycles. The van der Waals surface area contributed by atoms with Gasteiger partial charge in [-0.15, -0.1) is 0 Å². The predicted octanol–water partition coefficient (Wildman–Crippen LogP) is 3.91. The van der Waals surface area contributed by atoms with Crippen molar-refractivity contribution in [1.29, 1.82) is 0 Å². The molecule has 2 atom stereocenters. The quantitative estimate of drug-likeness (QED) is 0.772. The lowest BCUT2D eigenvalue weighted by molar-refractivity contribution is -0.143. The molecular formula is C25H33N3O2. The van der Waals surface area contributed by atoms with E-state index in [4.69, 9.17) is 0 Å². The van der Waals surface area contributed by atoms with E-state index >= 15 is 0 Å². The van der Waals surface area contributed by atoms with Crippen LogP contribution in [0.5, 0.6) is 0 Å². The third-order valence-corrected chi connectivity index (χ3v) is 6.82. The van der Waals surface area contributed by atoms with Crippen molar-refractivity contribution in [2.45, 2.75) is 46.0 Å². The van der Waals surface area contributed by atoms with Crippen LogP contribution in [-0.4, -0.2) is 52.8 Å². The Hall–Kier alpha value is -2.43. The van der Waals surface area contributed by atoms with Gasteiger partial charge in [-0.05, 0) is 49.0 Å². The monoisotopic (exact) mass is 407 g/mol. The minimum Gasteiger partial charge on any atom is -0.342 e. The second-order valence-electron chi connectivity index (χ2n) is 9.26. The third kappa shape index (κ3) is 4.50. The summed E-state index contributed by atoms with van der Waals surface area (Å²) in [6.07, 6.45) is 8.37. The Morgan fingerprint density at radius 2 is 1.83 bits per heavy atom. The molecule has 2 aliphatic heterocycles. The van der Waals surface area contributed by atoms with Gasteiger partial charge in [0.05, 0.1) is 0 Å². The molecule has 3 heterocycles. The molecule has 0 spiro atoms. The molecule has 5 nitrogen and oxygen atoms in total. The van der Waals surface area contributed by atoms with Gasteiger partial charge in [-0.25, -0.2) is 0 Å². The minimum absolute atomic E-state index is 0.0805. The molecule has 2 aromatic rings. The number of carbonyl (C=O) groups is 2. The first-order valence-corrected chi connectivity index (χ1v) is 11.4. The molecule has 0 N–H and O–H groups in total. The number of aromatic nitrogens is 1. The molecule has 2 saturated heterocycles. The maximum Gasteiger partial charge on any atom is 0.225 e. The van der Waals surface area contributed by atoms with Crippen molar-refractivity contribution in [2.24, 2.45) is 17.8 Å². The van der Waals surface area contributed by atoms with Crippen molar-refractivity contribution in [1.82, 2.24) is 14.8 Å². The fourth-order valence-corrected chi connectivity index (χ4v) is 5.07. The molecule has 5 heteroatoms. The smallest absolute Gasteiger partial charge is 0.225 e. The Labute approximate surface area is 179 Å². The summed E-state index contributed by atoms with van der Waals surface area (Å²) < 4.78 is 0. The first-order valence-electron chi connectivity index (χ1n) is 11.4. The zero-order chi connectivity index (χ0) is 21.1. The molecule has 0 saturated carbocycles. The molecule has 2 amide bonds. The van der Waals surface area contributed by atoms with Crippen LogP contribution < -0.4 is 0 Å². The highest BCUT2D eigenvalue weighted by atomic mass is 16.2. The topological polar surface area (TPSA) is 53.5 Å². The average molecular weight is 408 g/mol. The second kappa shape index (κ2) is 9.15. The number of carbonyl (C=O) groups excluding carboxylic acids is 2. The number of piperidine rings is 2. The van der Waals surface area contributed by atoms with Crippen LogP contribution >= 0.6 is 0 Å². The highest BCUT2D eigenvalue weighted by Crippen LogP contribution is 2.26. The van der Waals surface area contributed by atoms with Gasteiger partial charge in [-0.1, -0.05) is 38.1 Å². The van der Waals surface area contributed by atoms with Crippen LogP contribution in [0.25, 0.3) is 10.8 Å². The molecule has 0 unspecified atom stereocenters. The Balaban J connectivity index is 1.33. The van der Waals surface area contributed by atoms with E-state index in [2.05, 4.69) is 28.9 Å². The fourth-order valence-electron chi connectivity index (χ4n) is 5.07. The molecule has 0 radical (unpaired) electrons. The van der Waals surface area contributed by atoms with Crippen molar-refractivity contribution >= 4 is 22.6 Å². The van der Waals surface area contributed by atoms with E-state index in [1.54, 1.807) is 0 Å².